The first-order chi connectivity index (χ1) is 16.9. The molecule has 2 amide bonds. The van der Waals surface area contributed by atoms with Crippen LogP contribution in [0, 0.1) is 5.82 Å². The Hall–Kier alpha value is -2.97. The zero-order valence-electron chi connectivity index (χ0n) is 20.4. The number of nitrogens with zero attached hydrogens (tertiary/aromatic N) is 1. The fourth-order valence-corrected chi connectivity index (χ4v) is 4.67. The van der Waals surface area contributed by atoms with Crippen LogP contribution in [-0.2, 0) is 9.53 Å². The van der Waals surface area contributed by atoms with Crippen LogP contribution in [0.1, 0.15) is 48.0 Å². The van der Waals surface area contributed by atoms with E-state index in [0.29, 0.717) is 37.7 Å². The van der Waals surface area contributed by atoms with Gasteiger partial charge >= 0.3 is 0 Å². The molecule has 1 saturated carbocycles. The summed E-state index contributed by atoms with van der Waals surface area (Å²) in [5, 5.41) is 6.34. The van der Waals surface area contributed by atoms with Gasteiger partial charge in [-0.25, -0.2) is 4.39 Å². The third-order valence-corrected chi connectivity index (χ3v) is 6.94. The average Bonchev–Trinajstić information content (AvgIpc) is 3.26. The number of hydrogen-bond acceptors (Lipinski definition) is 5. The minimum Gasteiger partial charge on any atom is -0.497 e. The van der Waals surface area contributed by atoms with Gasteiger partial charge in [-0.3, -0.25) is 9.59 Å². The maximum absolute atomic E-state index is 13.2. The number of benzene rings is 2. The maximum atomic E-state index is 13.2. The summed E-state index contributed by atoms with van der Waals surface area (Å²) in [7, 11) is 1.66. The fourth-order valence-electron chi connectivity index (χ4n) is 4.67. The lowest BCUT2D eigenvalue weighted by Gasteiger charge is -2.24. The van der Waals surface area contributed by atoms with Gasteiger partial charge in [-0.1, -0.05) is 12.1 Å². The summed E-state index contributed by atoms with van der Waals surface area (Å²) in [5.41, 5.74) is 1.60. The first-order valence-electron chi connectivity index (χ1n) is 12.2. The van der Waals surface area contributed by atoms with Gasteiger partial charge in [0.05, 0.1) is 20.3 Å². The van der Waals surface area contributed by atoms with Gasteiger partial charge in [-0.15, -0.1) is 0 Å². The van der Waals surface area contributed by atoms with Crippen LogP contribution in [0.5, 0.6) is 5.75 Å². The Bertz CT molecular complexity index is 1010. The molecule has 7 nitrogen and oxygen atoms in total. The van der Waals surface area contributed by atoms with Crippen molar-refractivity contribution in [1.29, 1.82) is 0 Å². The number of rotatable bonds is 11. The monoisotopic (exact) mass is 483 g/mol. The second kappa shape index (κ2) is 11.2. The number of likely N-dealkylation sites (tertiary alicyclic amines) is 1. The molecule has 0 spiro atoms. The molecule has 1 aliphatic heterocycles. The van der Waals surface area contributed by atoms with E-state index in [1.165, 1.54) is 29.8 Å². The Morgan fingerprint density at radius 1 is 1.11 bits per heavy atom. The first kappa shape index (κ1) is 25.1. The highest BCUT2D eigenvalue weighted by molar-refractivity contribution is 5.97. The molecule has 2 fully saturated rings. The number of carbonyl (C=O) groups is 2. The highest BCUT2D eigenvalue weighted by atomic mass is 19.1. The van der Waals surface area contributed by atoms with Crippen molar-refractivity contribution in [2.24, 2.45) is 0 Å². The van der Waals surface area contributed by atoms with Crippen molar-refractivity contribution in [3.8, 4) is 5.75 Å². The number of hydrogen-bond donors (Lipinski definition) is 2. The Kier molecular flexibility index (Phi) is 8.03. The van der Waals surface area contributed by atoms with E-state index >= 15 is 0 Å². The van der Waals surface area contributed by atoms with Crippen LogP contribution in [-0.4, -0.2) is 68.3 Å². The predicted molar refractivity (Wildman–Crippen MR) is 131 cm³/mol. The molecule has 2 aromatic rings. The Morgan fingerprint density at radius 2 is 1.80 bits per heavy atom. The van der Waals surface area contributed by atoms with E-state index in [1.54, 1.807) is 12.0 Å². The zero-order chi connectivity index (χ0) is 24.8. The summed E-state index contributed by atoms with van der Waals surface area (Å²) in [5.74, 6) is 0.312. The highest BCUT2D eigenvalue weighted by Gasteiger charge is 2.50. The van der Waals surface area contributed by atoms with Crippen molar-refractivity contribution in [3.05, 3.63) is 65.5 Å². The first-order valence-corrected chi connectivity index (χ1v) is 12.2. The molecule has 0 radical (unpaired) electrons. The Morgan fingerprint density at radius 3 is 2.46 bits per heavy atom. The largest absolute Gasteiger partial charge is 0.497 e. The van der Waals surface area contributed by atoms with Crippen molar-refractivity contribution in [2.75, 3.05) is 40.0 Å². The van der Waals surface area contributed by atoms with Crippen LogP contribution >= 0.6 is 0 Å². The van der Waals surface area contributed by atoms with Crippen LogP contribution in [0.3, 0.4) is 0 Å². The smallest absolute Gasteiger partial charge is 0.251 e. The molecule has 2 aromatic carbocycles. The molecule has 1 aliphatic carbocycles. The van der Waals surface area contributed by atoms with Crippen LogP contribution in [0.15, 0.2) is 48.5 Å². The quantitative estimate of drug-likeness (QED) is 0.480. The third kappa shape index (κ3) is 6.38. The number of amides is 2. The van der Waals surface area contributed by atoms with E-state index < -0.39 is 17.8 Å². The number of carbonyl (C=O) groups excluding carboxylic acids is 2. The van der Waals surface area contributed by atoms with Gasteiger partial charge in [-0.05, 0) is 68.1 Å². The van der Waals surface area contributed by atoms with E-state index in [9.17, 15) is 14.0 Å². The van der Waals surface area contributed by atoms with E-state index in [0.717, 1.165) is 25.0 Å². The predicted octanol–water partition coefficient (Wildman–Crippen LogP) is 3.11. The molecule has 1 saturated heterocycles. The summed E-state index contributed by atoms with van der Waals surface area (Å²) in [6, 6.07) is 12.7. The van der Waals surface area contributed by atoms with Gasteiger partial charge in [-0.2, -0.15) is 0 Å². The molecule has 0 bridgehead atoms. The minimum absolute atomic E-state index is 0.0134. The molecule has 0 unspecified atom stereocenters. The second-order valence-corrected chi connectivity index (χ2v) is 9.51. The molecule has 3 atom stereocenters. The number of methoxy groups -OCH3 is 1. The lowest BCUT2D eigenvalue weighted by atomic mass is 10.1. The van der Waals surface area contributed by atoms with Gasteiger partial charge in [0.1, 0.15) is 17.6 Å². The lowest BCUT2D eigenvalue weighted by molar-refractivity contribution is -0.133. The lowest BCUT2D eigenvalue weighted by Crippen LogP contribution is -2.50. The van der Waals surface area contributed by atoms with Crippen molar-refractivity contribution in [2.45, 2.75) is 43.7 Å². The van der Waals surface area contributed by atoms with E-state index in [-0.39, 0.29) is 18.1 Å². The van der Waals surface area contributed by atoms with Gasteiger partial charge in [0, 0.05) is 36.7 Å². The molecular formula is C27H34FN3O4. The third-order valence-electron chi connectivity index (χ3n) is 6.94. The molecule has 188 valence electrons. The maximum Gasteiger partial charge on any atom is 0.251 e. The number of nitrogens with one attached hydrogen (secondary N) is 2. The van der Waals surface area contributed by atoms with Gasteiger partial charge in [0.15, 0.2) is 0 Å². The fraction of sp³-hybridized carbons (Fsp3) is 0.481. The molecule has 1 heterocycles. The number of halogens is 1. The van der Waals surface area contributed by atoms with Crippen molar-refractivity contribution >= 4 is 11.8 Å². The van der Waals surface area contributed by atoms with Crippen LogP contribution in [0.2, 0.25) is 0 Å². The highest BCUT2D eigenvalue weighted by Crippen LogP contribution is 2.51. The van der Waals surface area contributed by atoms with E-state index in [4.69, 9.17) is 9.47 Å². The topological polar surface area (TPSA) is 79.9 Å². The van der Waals surface area contributed by atoms with Crippen molar-refractivity contribution < 1.29 is 23.5 Å². The summed E-state index contributed by atoms with van der Waals surface area (Å²) >= 11 is 0. The summed E-state index contributed by atoms with van der Waals surface area (Å²) in [6.45, 7) is 4.72. The molecule has 2 N–H and O–H groups in total. The summed E-state index contributed by atoms with van der Waals surface area (Å²) < 4.78 is 24.3. The van der Waals surface area contributed by atoms with Crippen LogP contribution in [0.25, 0.3) is 0 Å². The van der Waals surface area contributed by atoms with Gasteiger partial charge in [0.25, 0.3) is 5.91 Å². The summed E-state index contributed by atoms with van der Waals surface area (Å²) in [6.07, 6.45) is 2.97. The normalized spacial score (nSPS) is 22.0. The molecule has 35 heavy (non-hydrogen) atoms. The molecule has 0 aromatic heterocycles. The molecule has 2 aliphatic rings. The Labute approximate surface area is 206 Å². The van der Waals surface area contributed by atoms with Crippen molar-refractivity contribution in [3.63, 3.8) is 0 Å². The standard InChI is InChI=1S/C27H34FN3O4/c1-27(17-23(27)19-7-11-22(34-2)12-8-19)29-13-16-35-18-24(26(33)31-14-3-4-15-31)30-25(32)20-5-9-21(28)10-6-20/h5-12,23-24,29H,3-4,13-18H2,1-2H3,(H,30,32)/t23-,24-,27+/m0/s1. The van der Waals surface area contributed by atoms with E-state index in [1.807, 2.05) is 12.1 Å². The minimum atomic E-state index is -0.783. The number of ether oxygens (including phenoxy) is 2. The average molecular weight is 484 g/mol. The SMILES string of the molecule is COc1ccc([C@@H]2C[C@@]2(C)NCCOC[C@H](NC(=O)c2ccc(F)cc2)C(=O)N2CCCC2)cc1. The summed E-state index contributed by atoms with van der Waals surface area (Å²) in [4.78, 5) is 27.4. The van der Waals surface area contributed by atoms with Crippen LogP contribution < -0.4 is 15.4 Å². The molecule has 4 rings (SSSR count). The van der Waals surface area contributed by atoms with Crippen LogP contribution in [0.4, 0.5) is 4.39 Å². The zero-order valence-corrected chi connectivity index (χ0v) is 20.4. The van der Waals surface area contributed by atoms with Gasteiger partial charge in [0.2, 0.25) is 5.91 Å². The molecular weight excluding hydrogens is 449 g/mol. The van der Waals surface area contributed by atoms with Crippen molar-refractivity contribution in [1.82, 2.24) is 15.5 Å². The molecule has 8 heteroatoms. The Balaban J connectivity index is 1.26. The second-order valence-electron chi connectivity index (χ2n) is 9.51. The van der Waals surface area contributed by atoms with Gasteiger partial charge < -0.3 is 25.0 Å². The van der Waals surface area contributed by atoms with E-state index in [2.05, 4.69) is 29.7 Å².